The van der Waals surface area contributed by atoms with Crippen LogP contribution in [-0.4, -0.2) is 23.1 Å². The van der Waals surface area contributed by atoms with E-state index < -0.39 is 0 Å². The van der Waals surface area contributed by atoms with Crippen molar-refractivity contribution in [3.8, 4) is 18.2 Å². The van der Waals surface area contributed by atoms with E-state index in [0.717, 1.165) is 18.8 Å². The first-order chi connectivity index (χ1) is 6.86. The molecule has 0 saturated carbocycles. The fourth-order valence-corrected chi connectivity index (χ4v) is 0.884. The molecular weight excluding hydrogens is 178 g/mol. The third-order valence-electron chi connectivity index (χ3n) is 1.50. The minimum absolute atomic E-state index is 0.226. The molecule has 1 N–H and O–H groups in total. The van der Waals surface area contributed by atoms with E-state index in [1.807, 2.05) is 0 Å². The predicted octanol–water partition coefficient (Wildman–Crippen LogP) is 1.31. The van der Waals surface area contributed by atoms with Gasteiger partial charge >= 0.3 is 0 Å². The molecule has 1 aromatic heterocycles. The molecule has 0 spiro atoms. The van der Waals surface area contributed by atoms with E-state index >= 15 is 0 Å². The maximum Gasteiger partial charge on any atom is 0.219 e. The van der Waals surface area contributed by atoms with Crippen LogP contribution in [0.25, 0.3) is 0 Å². The lowest BCUT2D eigenvalue weighted by Crippen LogP contribution is -2.03. The van der Waals surface area contributed by atoms with E-state index in [2.05, 4.69) is 28.1 Å². The summed E-state index contributed by atoms with van der Waals surface area (Å²) in [5.74, 6) is 3.63. The lowest BCUT2D eigenvalue weighted by atomic mass is 10.4. The zero-order valence-corrected chi connectivity index (χ0v) is 8.16. The Kier molecular flexibility index (Phi) is 4.29. The lowest BCUT2D eigenvalue weighted by molar-refractivity contribution is 0.355. The molecule has 4 heteroatoms. The van der Waals surface area contributed by atoms with Gasteiger partial charge in [-0.15, -0.1) is 6.42 Å². The summed E-state index contributed by atoms with van der Waals surface area (Å²) in [6, 6.07) is 1.73. The smallest absolute Gasteiger partial charge is 0.219 e. The number of hydrogen-bond acceptors (Lipinski definition) is 4. The third-order valence-corrected chi connectivity index (χ3v) is 1.50. The minimum atomic E-state index is 0.226. The summed E-state index contributed by atoms with van der Waals surface area (Å²) in [6.45, 7) is 3.19. The average Bonchev–Trinajstić information content (AvgIpc) is 2.24. The monoisotopic (exact) mass is 191 g/mol. The Hall–Kier alpha value is -1.76. The molecule has 0 radical (unpaired) electrons. The third kappa shape index (κ3) is 3.31. The standard InChI is InChI=1S/C10H13N3O/c1-3-5-11-9-7-10(13-8-12-9)14-6-4-2/h2,7-8H,3,5-6H2,1H3,(H,11,12,13). The van der Waals surface area contributed by atoms with E-state index in [9.17, 15) is 0 Å². The van der Waals surface area contributed by atoms with Crippen molar-refractivity contribution in [2.75, 3.05) is 18.5 Å². The molecule has 74 valence electrons. The number of hydrogen-bond donors (Lipinski definition) is 1. The highest BCUT2D eigenvalue weighted by molar-refractivity contribution is 5.36. The number of terminal acetylenes is 1. The molecule has 0 atom stereocenters. The average molecular weight is 191 g/mol. The van der Waals surface area contributed by atoms with Crippen LogP contribution in [-0.2, 0) is 0 Å². The largest absolute Gasteiger partial charge is 0.464 e. The van der Waals surface area contributed by atoms with Gasteiger partial charge in [-0.1, -0.05) is 12.8 Å². The van der Waals surface area contributed by atoms with Gasteiger partial charge in [0, 0.05) is 12.6 Å². The summed E-state index contributed by atoms with van der Waals surface area (Å²) in [4.78, 5) is 7.95. The number of aromatic nitrogens is 2. The minimum Gasteiger partial charge on any atom is -0.464 e. The Balaban J connectivity index is 2.55. The molecular formula is C10H13N3O. The van der Waals surface area contributed by atoms with Crippen molar-refractivity contribution in [1.29, 1.82) is 0 Å². The highest BCUT2D eigenvalue weighted by Crippen LogP contribution is 2.10. The van der Waals surface area contributed by atoms with Crippen LogP contribution in [0, 0.1) is 12.3 Å². The van der Waals surface area contributed by atoms with Gasteiger partial charge in [-0.05, 0) is 6.42 Å². The van der Waals surface area contributed by atoms with Crippen molar-refractivity contribution in [3.63, 3.8) is 0 Å². The molecule has 0 bridgehead atoms. The van der Waals surface area contributed by atoms with Crippen LogP contribution in [0.1, 0.15) is 13.3 Å². The van der Waals surface area contributed by atoms with E-state index in [0.29, 0.717) is 5.88 Å². The van der Waals surface area contributed by atoms with Crippen LogP contribution in [0.15, 0.2) is 12.4 Å². The second kappa shape index (κ2) is 5.81. The van der Waals surface area contributed by atoms with Crippen molar-refractivity contribution in [3.05, 3.63) is 12.4 Å². The number of rotatable bonds is 5. The van der Waals surface area contributed by atoms with Crippen LogP contribution in [0.2, 0.25) is 0 Å². The molecule has 1 rings (SSSR count). The molecule has 0 aromatic carbocycles. The second-order valence-electron chi connectivity index (χ2n) is 2.66. The summed E-state index contributed by atoms with van der Waals surface area (Å²) < 4.78 is 5.15. The maximum absolute atomic E-state index is 5.15. The van der Waals surface area contributed by atoms with E-state index in [1.165, 1.54) is 6.33 Å². The van der Waals surface area contributed by atoms with Crippen molar-refractivity contribution < 1.29 is 4.74 Å². The normalized spacial score (nSPS) is 9.14. The summed E-state index contributed by atoms with van der Waals surface area (Å²) >= 11 is 0. The van der Waals surface area contributed by atoms with Crippen molar-refractivity contribution in [1.82, 2.24) is 9.97 Å². The van der Waals surface area contributed by atoms with Crippen molar-refractivity contribution in [2.45, 2.75) is 13.3 Å². The lowest BCUT2D eigenvalue weighted by Gasteiger charge is -2.05. The number of nitrogens with one attached hydrogen (secondary N) is 1. The molecule has 4 nitrogen and oxygen atoms in total. The SMILES string of the molecule is C#CCOc1cc(NCCC)ncn1. The molecule has 14 heavy (non-hydrogen) atoms. The molecule has 0 amide bonds. The predicted molar refractivity (Wildman–Crippen MR) is 55.1 cm³/mol. The van der Waals surface area contributed by atoms with Crippen LogP contribution in [0.3, 0.4) is 0 Å². The molecule has 1 aromatic rings. The van der Waals surface area contributed by atoms with E-state index in [1.54, 1.807) is 6.07 Å². The van der Waals surface area contributed by atoms with Crippen LogP contribution < -0.4 is 10.1 Å². The Morgan fingerprint density at radius 1 is 1.57 bits per heavy atom. The van der Waals surface area contributed by atoms with Gasteiger partial charge in [0.1, 0.15) is 12.1 Å². The summed E-state index contributed by atoms with van der Waals surface area (Å²) in [5, 5.41) is 3.13. The second-order valence-corrected chi connectivity index (χ2v) is 2.66. The maximum atomic E-state index is 5.15. The fraction of sp³-hybridized carbons (Fsp3) is 0.400. The highest BCUT2D eigenvalue weighted by atomic mass is 16.5. The van der Waals surface area contributed by atoms with Gasteiger partial charge < -0.3 is 10.1 Å². The topological polar surface area (TPSA) is 47.0 Å². The fourth-order valence-electron chi connectivity index (χ4n) is 0.884. The van der Waals surface area contributed by atoms with Crippen molar-refractivity contribution >= 4 is 5.82 Å². The van der Waals surface area contributed by atoms with Gasteiger partial charge in [-0.25, -0.2) is 9.97 Å². The van der Waals surface area contributed by atoms with Gasteiger partial charge in [0.15, 0.2) is 6.61 Å². The van der Waals surface area contributed by atoms with Crippen LogP contribution in [0.5, 0.6) is 5.88 Å². The van der Waals surface area contributed by atoms with Gasteiger partial charge in [-0.2, -0.15) is 0 Å². The van der Waals surface area contributed by atoms with Crippen LogP contribution >= 0.6 is 0 Å². The first kappa shape index (κ1) is 10.3. The Bertz CT molecular complexity index is 319. The molecule has 0 aliphatic carbocycles. The first-order valence-corrected chi connectivity index (χ1v) is 4.49. The Morgan fingerprint density at radius 3 is 3.14 bits per heavy atom. The molecule has 0 aliphatic heterocycles. The molecule has 1 heterocycles. The molecule has 0 saturated heterocycles. The zero-order chi connectivity index (χ0) is 10.2. The molecule has 0 aliphatic rings. The Labute approximate surface area is 83.7 Å². The number of ether oxygens (including phenoxy) is 1. The van der Waals surface area contributed by atoms with Crippen LogP contribution in [0.4, 0.5) is 5.82 Å². The summed E-state index contributed by atoms with van der Waals surface area (Å²) in [7, 11) is 0. The summed E-state index contributed by atoms with van der Waals surface area (Å²) in [6.07, 6.45) is 7.56. The summed E-state index contributed by atoms with van der Waals surface area (Å²) in [5.41, 5.74) is 0. The number of anilines is 1. The molecule has 0 unspecified atom stereocenters. The zero-order valence-electron chi connectivity index (χ0n) is 8.16. The van der Waals surface area contributed by atoms with E-state index in [-0.39, 0.29) is 6.61 Å². The number of nitrogens with zero attached hydrogens (tertiary/aromatic N) is 2. The van der Waals surface area contributed by atoms with Gasteiger partial charge in [0.2, 0.25) is 5.88 Å². The van der Waals surface area contributed by atoms with Gasteiger partial charge in [0.25, 0.3) is 0 Å². The van der Waals surface area contributed by atoms with Gasteiger partial charge in [0.05, 0.1) is 0 Å². The highest BCUT2D eigenvalue weighted by Gasteiger charge is 1.97. The van der Waals surface area contributed by atoms with Crippen molar-refractivity contribution in [2.24, 2.45) is 0 Å². The first-order valence-electron chi connectivity index (χ1n) is 4.49. The van der Waals surface area contributed by atoms with E-state index in [4.69, 9.17) is 11.2 Å². The Morgan fingerprint density at radius 2 is 2.43 bits per heavy atom. The van der Waals surface area contributed by atoms with Gasteiger partial charge in [-0.3, -0.25) is 0 Å². The molecule has 0 fully saturated rings. The quantitative estimate of drug-likeness (QED) is 0.713.